The molecular formula is C23H28N6O3. The Kier molecular flexibility index (Phi) is 6.63. The Morgan fingerprint density at radius 2 is 1.94 bits per heavy atom. The van der Waals surface area contributed by atoms with E-state index in [4.69, 9.17) is 0 Å². The predicted octanol–water partition coefficient (Wildman–Crippen LogP) is 1.88. The highest BCUT2D eigenvalue weighted by Crippen LogP contribution is 2.28. The van der Waals surface area contributed by atoms with E-state index in [9.17, 15) is 14.4 Å². The van der Waals surface area contributed by atoms with Crippen LogP contribution in [0.5, 0.6) is 0 Å². The average Bonchev–Trinajstić information content (AvgIpc) is 3.25. The molecule has 0 bridgehead atoms. The van der Waals surface area contributed by atoms with Gasteiger partial charge in [-0.05, 0) is 49.8 Å². The predicted molar refractivity (Wildman–Crippen MR) is 121 cm³/mol. The second-order valence-electron chi connectivity index (χ2n) is 8.31. The summed E-state index contributed by atoms with van der Waals surface area (Å²) < 4.78 is 0. The van der Waals surface area contributed by atoms with Gasteiger partial charge in [-0.15, -0.1) is 0 Å². The van der Waals surface area contributed by atoms with Crippen LogP contribution in [0.15, 0.2) is 36.8 Å². The van der Waals surface area contributed by atoms with Gasteiger partial charge in [-0.3, -0.25) is 19.4 Å². The van der Waals surface area contributed by atoms with E-state index in [1.165, 1.54) is 0 Å². The van der Waals surface area contributed by atoms with Crippen molar-refractivity contribution >= 4 is 34.9 Å². The summed E-state index contributed by atoms with van der Waals surface area (Å²) in [5.74, 6) is -0.0979. The first-order valence-corrected chi connectivity index (χ1v) is 11.0. The molecule has 0 spiro atoms. The highest BCUT2D eigenvalue weighted by atomic mass is 16.2. The second kappa shape index (κ2) is 9.76. The van der Waals surface area contributed by atoms with E-state index in [1.54, 1.807) is 35.6 Å². The molecule has 0 aliphatic carbocycles. The minimum absolute atomic E-state index is 0.0830. The van der Waals surface area contributed by atoms with Gasteiger partial charge in [0.1, 0.15) is 5.82 Å². The Labute approximate surface area is 187 Å². The van der Waals surface area contributed by atoms with Gasteiger partial charge < -0.3 is 20.4 Å². The van der Waals surface area contributed by atoms with Gasteiger partial charge in [0, 0.05) is 56.4 Å². The number of carbonyl (C=O) groups is 3. The molecule has 3 heterocycles. The van der Waals surface area contributed by atoms with Crippen LogP contribution in [0, 0.1) is 12.8 Å². The molecule has 2 aliphatic rings. The van der Waals surface area contributed by atoms with Crippen LogP contribution in [0.2, 0.25) is 0 Å². The maximum absolute atomic E-state index is 12.4. The van der Waals surface area contributed by atoms with Gasteiger partial charge in [0.15, 0.2) is 0 Å². The van der Waals surface area contributed by atoms with E-state index in [0.717, 1.165) is 49.4 Å². The van der Waals surface area contributed by atoms with Crippen LogP contribution >= 0.6 is 0 Å². The molecule has 1 aromatic carbocycles. The van der Waals surface area contributed by atoms with Gasteiger partial charge in [0.2, 0.25) is 5.91 Å². The zero-order chi connectivity index (χ0) is 22.5. The Bertz CT molecular complexity index is 988. The van der Waals surface area contributed by atoms with Gasteiger partial charge in [-0.1, -0.05) is 6.07 Å². The first kappa shape index (κ1) is 21.7. The summed E-state index contributed by atoms with van der Waals surface area (Å²) in [6, 6.07) is 5.35. The van der Waals surface area contributed by atoms with Crippen LogP contribution in [0.4, 0.5) is 17.2 Å². The van der Waals surface area contributed by atoms with E-state index in [-0.39, 0.29) is 5.91 Å². The molecule has 2 aliphatic heterocycles. The molecule has 0 atom stereocenters. The monoisotopic (exact) mass is 436 g/mol. The van der Waals surface area contributed by atoms with Gasteiger partial charge >= 0.3 is 11.8 Å². The quantitative estimate of drug-likeness (QED) is 0.693. The smallest absolute Gasteiger partial charge is 0.313 e. The van der Waals surface area contributed by atoms with Crippen LogP contribution in [-0.2, 0) is 14.4 Å². The van der Waals surface area contributed by atoms with Crippen LogP contribution < -0.4 is 20.4 Å². The van der Waals surface area contributed by atoms with Crippen LogP contribution in [-0.4, -0.2) is 53.9 Å². The number of carbonyl (C=O) groups excluding carboxylic acids is 3. The molecule has 0 unspecified atom stereocenters. The molecule has 4 rings (SSSR count). The molecular weight excluding hydrogens is 408 g/mol. The van der Waals surface area contributed by atoms with Crippen molar-refractivity contribution in [3.8, 4) is 0 Å². The molecule has 0 radical (unpaired) electrons. The number of aromatic nitrogens is 2. The van der Waals surface area contributed by atoms with E-state index in [1.807, 2.05) is 13.0 Å². The van der Waals surface area contributed by atoms with Gasteiger partial charge in [0.25, 0.3) is 0 Å². The summed E-state index contributed by atoms with van der Waals surface area (Å²) >= 11 is 0. The van der Waals surface area contributed by atoms with Crippen molar-refractivity contribution in [2.75, 3.05) is 41.3 Å². The number of benzene rings is 1. The van der Waals surface area contributed by atoms with Crippen LogP contribution in [0.3, 0.4) is 0 Å². The van der Waals surface area contributed by atoms with Gasteiger partial charge in [-0.25, -0.2) is 4.98 Å². The number of hydrogen-bond donors (Lipinski definition) is 2. The Hall–Kier alpha value is -3.49. The number of amides is 3. The van der Waals surface area contributed by atoms with Crippen molar-refractivity contribution in [3.63, 3.8) is 0 Å². The summed E-state index contributed by atoms with van der Waals surface area (Å²) in [5, 5.41) is 5.40. The van der Waals surface area contributed by atoms with E-state index in [2.05, 4.69) is 25.5 Å². The fraction of sp³-hybridized carbons (Fsp3) is 0.435. The van der Waals surface area contributed by atoms with E-state index < -0.39 is 11.8 Å². The summed E-state index contributed by atoms with van der Waals surface area (Å²) in [6.07, 6.45) is 8.27. The normalized spacial score (nSPS) is 16.8. The largest absolute Gasteiger partial charge is 0.355 e. The summed E-state index contributed by atoms with van der Waals surface area (Å²) in [4.78, 5) is 49.1. The molecule has 2 fully saturated rings. The van der Waals surface area contributed by atoms with E-state index >= 15 is 0 Å². The minimum atomic E-state index is -0.704. The second-order valence-corrected chi connectivity index (χ2v) is 8.31. The van der Waals surface area contributed by atoms with E-state index in [0.29, 0.717) is 31.1 Å². The highest BCUT2D eigenvalue weighted by molar-refractivity contribution is 6.39. The number of anilines is 3. The number of aryl methyl sites for hydroxylation is 1. The lowest BCUT2D eigenvalue weighted by atomic mass is 9.97. The first-order valence-electron chi connectivity index (χ1n) is 11.0. The lowest BCUT2D eigenvalue weighted by molar-refractivity contribution is -0.136. The lowest BCUT2D eigenvalue weighted by Gasteiger charge is -2.32. The lowest BCUT2D eigenvalue weighted by Crippen LogP contribution is -2.42. The standard InChI is InChI=1S/C23H28N6O3/c1-16-4-5-18(13-19(16)29-10-2-3-21(29)30)27-23(32)22(31)26-14-17-6-11-28(12-7-17)20-15-24-8-9-25-20/h4-5,8-9,13,15,17H,2-3,6-7,10-12,14H2,1H3,(H,26,31)(H,27,32). The van der Waals surface area contributed by atoms with Crippen LogP contribution in [0.25, 0.3) is 0 Å². The third-order valence-corrected chi connectivity index (χ3v) is 6.08. The fourth-order valence-electron chi connectivity index (χ4n) is 4.21. The third-order valence-electron chi connectivity index (χ3n) is 6.08. The number of rotatable bonds is 5. The Balaban J connectivity index is 1.26. The molecule has 2 aromatic rings. The summed E-state index contributed by atoms with van der Waals surface area (Å²) in [7, 11) is 0. The number of nitrogens with zero attached hydrogens (tertiary/aromatic N) is 4. The average molecular weight is 437 g/mol. The zero-order valence-electron chi connectivity index (χ0n) is 18.2. The molecule has 32 heavy (non-hydrogen) atoms. The van der Waals surface area contributed by atoms with Gasteiger partial charge in [-0.2, -0.15) is 0 Å². The Morgan fingerprint density at radius 1 is 1.12 bits per heavy atom. The molecule has 9 nitrogen and oxygen atoms in total. The molecule has 3 amide bonds. The summed E-state index contributed by atoms with van der Waals surface area (Å²) in [6.45, 7) is 4.74. The van der Waals surface area contributed by atoms with Crippen molar-refractivity contribution in [1.29, 1.82) is 0 Å². The summed E-state index contributed by atoms with van der Waals surface area (Å²) in [5.41, 5.74) is 2.24. The van der Waals surface area contributed by atoms with Crippen molar-refractivity contribution < 1.29 is 14.4 Å². The molecule has 0 saturated carbocycles. The number of piperidine rings is 1. The van der Waals surface area contributed by atoms with Crippen LogP contribution in [0.1, 0.15) is 31.2 Å². The van der Waals surface area contributed by atoms with Crippen molar-refractivity contribution in [3.05, 3.63) is 42.4 Å². The van der Waals surface area contributed by atoms with Gasteiger partial charge in [0.05, 0.1) is 6.20 Å². The topological polar surface area (TPSA) is 108 Å². The highest BCUT2D eigenvalue weighted by Gasteiger charge is 2.25. The first-order chi connectivity index (χ1) is 15.5. The molecule has 168 valence electrons. The SMILES string of the molecule is Cc1ccc(NC(=O)C(=O)NCC2CCN(c3cnccn3)CC2)cc1N1CCCC1=O. The van der Waals surface area contributed by atoms with Crippen molar-refractivity contribution in [2.45, 2.75) is 32.6 Å². The fourth-order valence-corrected chi connectivity index (χ4v) is 4.21. The molecule has 1 aromatic heterocycles. The number of hydrogen-bond acceptors (Lipinski definition) is 6. The zero-order valence-corrected chi connectivity index (χ0v) is 18.2. The minimum Gasteiger partial charge on any atom is -0.355 e. The molecule has 9 heteroatoms. The number of nitrogens with one attached hydrogen (secondary N) is 2. The molecule has 2 saturated heterocycles. The maximum Gasteiger partial charge on any atom is 0.313 e. The Morgan fingerprint density at radius 3 is 2.62 bits per heavy atom. The van der Waals surface area contributed by atoms with Crippen molar-refractivity contribution in [2.24, 2.45) is 5.92 Å². The maximum atomic E-state index is 12.4. The molecule has 2 N–H and O–H groups in total. The van der Waals surface area contributed by atoms with Crippen molar-refractivity contribution in [1.82, 2.24) is 15.3 Å². The third kappa shape index (κ3) is 5.04.